The first kappa shape index (κ1) is 16.1. The van der Waals surface area contributed by atoms with Crippen LogP contribution in [0.5, 0.6) is 0 Å². The van der Waals surface area contributed by atoms with Crippen LogP contribution in [-0.2, 0) is 17.7 Å². The first-order chi connectivity index (χ1) is 9.59. The molecule has 1 aliphatic carbocycles. The zero-order chi connectivity index (χ0) is 15.8. The number of fused-ring (bicyclic) bond motifs is 1. The highest BCUT2D eigenvalue weighted by molar-refractivity contribution is 5.99. The molecule has 1 aliphatic rings. The molecule has 0 bridgehead atoms. The fourth-order valence-corrected chi connectivity index (χ4v) is 2.86. The molecule has 2 rings (SSSR count). The summed E-state index contributed by atoms with van der Waals surface area (Å²) in [5, 5.41) is 0. The van der Waals surface area contributed by atoms with Gasteiger partial charge < -0.3 is 9.30 Å². The van der Waals surface area contributed by atoms with E-state index in [1.807, 2.05) is 31.4 Å². The van der Waals surface area contributed by atoms with E-state index < -0.39 is 12.8 Å². The molecule has 0 N–H and O–H groups in total. The quantitative estimate of drug-likeness (QED) is 0.797. The second-order valence-corrected chi connectivity index (χ2v) is 6.41. The molecule has 0 saturated carbocycles. The average molecular weight is 303 g/mol. The molecule has 3 nitrogen and oxygen atoms in total. The smallest absolute Gasteiger partial charge is 0.370 e. The largest absolute Gasteiger partial charge is 0.411 e. The molecule has 0 aromatic carbocycles. The van der Waals surface area contributed by atoms with Gasteiger partial charge in [-0.2, -0.15) is 13.2 Å². The molecule has 0 spiro atoms. The number of hydrogen-bond donors (Lipinski definition) is 0. The van der Waals surface area contributed by atoms with Crippen molar-refractivity contribution < 1.29 is 22.7 Å². The van der Waals surface area contributed by atoms with Crippen molar-refractivity contribution in [2.75, 3.05) is 13.2 Å². The number of rotatable bonds is 4. The number of aryl methyl sites for hydroxylation is 1. The minimum Gasteiger partial charge on any atom is -0.370 e. The molecule has 118 valence electrons. The minimum absolute atomic E-state index is 0.0178. The van der Waals surface area contributed by atoms with Crippen LogP contribution < -0.4 is 0 Å². The van der Waals surface area contributed by atoms with Gasteiger partial charge in [0.15, 0.2) is 5.78 Å². The van der Waals surface area contributed by atoms with Gasteiger partial charge in [-0.05, 0) is 24.8 Å². The molecule has 0 unspecified atom stereocenters. The van der Waals surface area contributed by atoms with Gasteiger partial charge >= 0.3 is 6.18 Å². The number of aromatic nitrogens is 1. The summed E-state index contributed by atoms with van der Waals surface area (Å²) in [6.45, 7) is 5.00. The predicted octanol–water partition coefficient (Wildman–Crippen LogP) is 3.53. The Bertz CT molecular complexity index is 544. The Morgan fingerprint density at radius 3 is 2.62 bits per heavy atom. The van der Waals surface area contributed by atoms with Crippen LogP contribution in [-0.4, -0.2) is 29.7 Å². The third-order valence-electron chi connectivity index (χ3n) is 3.73. The van der Waals surface area contributed by atoms with Crippen molar-refractivity contribution in [3.8, 4) is 0 Å². The lowest BCUT2D eigenvalue weighted by Gasteiger charge is -2.29. The number of carbonyl (C=O) groups is 1. The lowest BCUT2D eigenvalue weighted by Crippen LogP contribution is -2.28. The number of ether oxygens (including phenoxy) is 1. The average Bonchev–Trinajstić information content (AvgIpc) is 2.59. The van der Waals surface area contributed by atoms with E-state index in [4.69, 9.17) is 0 Å². The van der Waals surface area contributed by atoms with Crippen molar-refractivity contribution in [3.05, 3.63) is 23.0 Å². The molecule has 1 aromatic rings. The van der Waals surface area contributed by atoms with E-state index in [9.17, 15) is 18.0 Å². The number of alkyl halides is 3. The van der Waals surface area contributed by atoms with Crippen LogP contribution in [0.15, 0.2) is 6.07 Å². The van der Waals surface area contributed by atoms with Gasteiger partial charge in [0.1, 0.15) is 6.61 Å². The maximum Gasteiger partial charge on any atom is 0.411 e. The molecule has 0 radical (unpaired) electrons. The maximum atomic E-state index is 12.1. The molecule has 1 heterocycles. The van der Waals surface area contributed by atoms with E-state index in [2.05, 4.69) is 4.74 Å². The van der Waals surface area contributed by atoms with Gasteiger partial charge in [0.25, 0.3) is 0 Å². The van der Waals surface area contributed by atoms with Crippen LogP contribution in [0.4, 0.5) is 13.2 Å². The summed E-state index contributed by atoms with van der Waals surface area (Å²) in [5.74, 6) is 0.110. The normalized spacial score (nSPS) is 17.9. The summed E-state index contributed by atoms with van der Waals surface area (Å²) < 4.78 is 42.7. The maximum absolute atomic E-state index is 12.1. The van der Waals surface area contributed by atoms with E-state index >= 15 is 0 Å². The van der Waals surface area contributed by atoms with Crippen molar-refractivity contribution in [2.45, 2.75) is 46.3 Å². The second-order valence-electron chi connectivity index (χ2n) is 6.41. The standard InChI is InChI=1S/C15H20F3NO2/c1-10-6-11-12(7-14(2,3)8-13(11)20)19(10)4-5-21-9-15(16,17)18/h6H,4-5,7-9H2,1-3H3. The Morgan fingerprint density at radius 1 is 1.33 bits per heavy atom. The third-order valence-corrected chi connectivity index (χ3v) is 3.73. The third kappa shape index (κ3) is 3.87. The van der Waals surface area contributed by atoms with E-state index in [0.29, 0.717) is 18.5 Å². The number of ketones is 1. The molecule has 6 heteroatoms. The molecule has 0 saturated heterocycles. The van der Waals surface area contributed by atoms with Gasteiger partial charge in [-0.15, -0.1) is 0 Å². The number of halogens is 3. The summed E-state index contributed by atoms with van der Waals surface area (Å²) in [4.78, 5) is 12.1. The van der Waals surface area contributed by atoms with Crippen LogP contribution in [0.1, 0.15) is 42.0 Å². The van der Waals surface area contributed by atoms with Crippen molar-refractivity contribution in [1.29, 1.82) is 0 Å². The van der Waals surface area contributed by atoms with Gasteiger partial charge in [-0.25, -0.2) is 0 Å². The van der Waals surface area contributed by atoms with Gasteiger partial charge in [-0.3, -0.25) is 4.79 Å². The van der Waals surface area contributed by atoms with Crippen LogP contribution in [0, 0.1) is 12.3 Å². The highest BCUT2D eigenvalue weighted by atomic mass is 19.4. The summed E-state index contributed by atoms with van der Waals surface area (Å²) in [7, 11) is 0. The topological polar surface area (TPSA) is 31.2 Å². The first-order valence-electron chi connectivity index (χ1n) is 6.96. The number of nitrogens with zero attached hydrogens (tertiary/aromatic N) is 1. The summed E-state index contributed by atoms with van der Waals surface area (Å²) in [6, 6.07) is 1.83. The molecular weight excluding hydrogens is 283 g/mol. The Hall–Kier alpha value is -1.30. The highest BCUT2D eigenvalue weighted by Gasteiger charge is 2.34. The number of carbonyl (C=O) groups excluding carboxylic acids is 1. The Kier molecular flexibility index (Phi) is 4.19. The van der Waals surface area contributed by atoms with E-state index in [1.165, 1.54) is 0 Å². The Morgan fingerprint density at radius 2 is 2.00 bits per heavy atom. The van der Waals surface area contributed by atoms with E-state index in [0.717, 1.165) is 17.8 Å². The summed E-state index contributed by atoms with van der Waals surface area (Å²) >= 11 is 0. The Balaban J connectivity index is 2.09. The van der Waals surface area contributed by atoms with Crippen molar-refractivity contribution in [1.82, 2.24) is 4.57 Å². The lowest BCUT2D eigenvalue weighted by atomic mass is 9.76. The van der Waals surface area contributed by atoms with Gasteiger partial charge in [0.05, 0.1) is 6.61 Å². The first-order valence-corrected chi connectivity index (χ1v) is 6.96. The molecule has 21 heavy (non-hydrogen) atoms. The molecular formula is C15H20F3NO2. The fraction of sp³-hybridized carbons (Fsp3) is 0.667. The van der Waals surface area contributed by atoms with Crippen molar-refractivity contribution >= 4 is 5.78 Å². The number of Topliss-reactive ketones (excluding diaryl/α,β-unsaturated/α-hetero) is 1. The van der Waals surface area contributed by atoms with E-state index in [1.54, 1.807) is 0 Å². The van der Waals surface area contributed by atoms with Gasteiger partial charge in [0.2, 0.25) is 0 Å². The minimum atomic E-state index is -4.30. The molecule has 0 fully saturated rings. The zero-order valence-electron chi connectivity index (χ0n) is 12.5. The summed E-state index contributed by atoms with van der Waals surface area (Å²) in [5.41, 5.74) is 2.41. The SMILES string of the molecule is Cc1cc2c(n1CCOCC(F)(F)F)CC(C)(C)CC2=O. The van der Waals surface area contributed by atoms with Crippen LogP contribution in [0.3, 0.4) is 0 Å². The zero-order valence-corrected chi connectivity index (χ0v) is 12.5. The van der Waals surface area contributed by atoms with Crippen LogP contribution >= 0.6 is 0 Å². The Labute approximate surface area is 122 Å². The van der Waals surface area contributed by atoms with Crippen molar-refractivity contribution in [3.63, 3.8) is 0 Å². The highest BCUT2D eigenvalue weighted by Crippen LogP contribution is 2.36. The van der Waals surface area contributed by atoms with Crippen LogP contribution in [0.2, 0.25) is 0 Å². The van der Waals surface area contributed by atoms with Gasteiger partial charge in [0, 0.05) is 29.9 Å². The van der Waals surface area contributed by atoms with Crippen molar-refractivity contribution in [2.24, 2.45) is 5.41 Å². The fourth-order valence-electron chi connectivity index (χ4n) is 2.86. The molecule has 0 amide bonds. The predicted molar refractivity (Wildman–Crippen MR) is 72.5 cm³/mol. The monoisotopic (exact) mass is 303 g/mol. The lowest BCUT2D eigenvalue weighted by molar-refractivity contribution is -0.174. The second kappa shape index (κ2) is 5.48. The number of hydrogen-bond acceptors (Lipinski definition) is 2. The van der Waals surface area contributed by atoms with Crippen LogP contribution in [0.25, 0.3) is 0 Å². The molecule has 1 aromatic heterocycles. The molecule has 0 aliphatic heterocycles. The summed E-state index contributed by atoms with van der Waals surface area (Å²) in [6.07, 6.45) is -3.04. The molecule has 0 atom stereocenters. The van der Waals surface area contributed by atoms with E-state index in [-0.39, 0.29) is 17.8 Å². The van der Waals surface area contributed by atoms with Gasteiger partial charge in [-0.1, -0.05) is 13.8 Å².